The normalized spacial score (nSPS) is 19.5. The highest BCUT2D eigenvalue weighted by atomic mass is 35.5. The summed E-state index contributed by atoms with van der Waals surface area (Å²) in [5.74, 6) is 1.50. The molecule has 3 rings (SSSR count). The number of halogens is 2. The van der Waals surface area contributed by atoms with Crippen molar-refractivity contribution in [2.75, 3.05) is 6.61 Å². The Morgan fingerprint density at radius 1 is 1.10 bits per heavy atom. The maximum Gasteiger partial charge on any atom is 0.142 e. The first kappa shape index (κ1) is 14.5. The second kappa shape index (κ2) is 6.55. The van der Waals surface area contributed by atoms with Crippen LogP contribution in [-0.2, 0) is 6.54 Å². The highest BCUT2D eigenvalue weighted by molar-refractivity contribution is 6.35. The molecule has 2 fully saturated rings. The van der Waals surface area contributed by atoms with Gasteiger partial charge in [-0.3, -0.25) is 0 Å². The van der Waals surface area contributed by atoms with E-state index in [1.165, 1.54) is 38.5 Å². The van der Waals surface area contributed by atoms with E-state index < -0.39 is 0 Å². The molecule has 0 spiro atoms. The van der Waals surface area contributed by atoms with Crippen LogP contribution in [0, 0.1) is 5.92 Å². The molecule has 2 nitrogen and oxygen atoms in total. The van der Waals surface area contributed by atoms with Crippen LogP contribution < -0.4 is 10.1 Å². The predicted molar refractivity (Wildman–Crippen MR) is 83.8 cm³/mol. The standard InChI is InChI=1S/C16H21Cl2NO/c17-13-7-12(9-19-14-5-6-14)16(15(18)8-13)20-10-11-3-1-2-4-11/h7-8,11,14,19H,1-6,9-10H2. The van der Waals surface area contributed by atoms with E-state index >= 15 is 0 Å². The third kappa shape index (κ3) is 3.81. The predicted octanol–water partition coefficient (Wildman–Crippen LogP) is 4.81. The van der Waals surface area contributed by atoms with E-state index in [1.807, 2.05) is 6.07 Å². The minimum atomic E-state index is 0.628. The minimum Gasteiger partial charge on any atom is -0.491 e. The first-order chi connectivity index (χ1) is 9.72. The van der Waals surface area contributed by atoms with Gasteiger partial charge in [0.2, 0.25) is 0 Å². The van der Waals surface area contributed by atoms with Crippen molar-refractivity contribution >= 4 is 23.2 Å². The molecule has 0 radical (unpaired) electrons. The van der Waals surface area contributed by atoms with Gasteiger partial charge in [0, 0.05) is 23.2 Å². The topological polar surface area (TPSA) is 21.3 Å². The van der Waals surface area contributed by atoms with Gasteiger partial charge in [-0.25, -0.2) is 0 Å². The quantitative estimate of drug-likeness (QED) is 0.813. The number of hydrogen-bond acceptors (Lipinski definition) is 2. The van der Waals surface area contributed by atoms with E-state index in [0.717, 1.165) is 24.5 Å². The molecule has 0 atom stereocenters. The lowest BCUT2D eigenvalue weighted by Crippen LogP contribution is -2.17. The monoisotopic (exact) mass is 313 g/mol. The zero-order chi connectivity index (χ0) is 13.9. The Kier molecular flexibility index (Phi) is 4.75. The van der Waals surface area contributed by atoms with E-state index in [4.69, 9.17) is 27.9 Å². The number of nitrogens with one attached hydrogen (secondary N) is 1. The van der Waals surface area contributed by atoms with Crippen molar-refractivity contribution in [2.24, 2.45) is 5.92 Å². The van der Waals surface area contributed by atoms with E-state index in [1.54, 1.807) is 6.07 Å². The van der Waals surface area contributed by atoms with Crippen molar-refractivity contribution in [3.05, 3.63) is 27.7 Å². The summed E-state index contributed by atoms with van der Waals surface area (Å²) in [4.78, 5) is 0. The summed E-state index contributed by atoms with van der Waals surface area (Å²) in [6, 6.07) is 4.40. The Morgan fingerprint density at radius 3 is 2.55 bits per heavy atom. The molecule has 0 bridgehead atoms. The summed E-state index contributed by atoms with van der Waals surface area (Å²) >= 11 is 12.4. The van der Waals surface area contributed by atoms with Crippen molar-refractivity contribution in [1.29, 1.82) is 0 Å². The highest BCUT2D eigenvalue weighted by Crippen LogP contribution is 2.34. The van der Waals surface area contributed by atoms with Crippen LogP contribution in [0.25, 0.3) is 0 Å². The zero-order valence-corrected chi connectivity index (χ0v) is 13.1. The lowest BCUT2D eigenvalue weighted by atomic mass is 10.1. The van der Waals surface area contributed by atoms with Crippen LogP contribution in [0.4, 0.5) is 0 Å². The molecule has 0 unspecified atom stereocenters. The van der Waals surface area contributed by atoms with Crippen LogP contribution in [0.5, 0.6) is 5.75 Å². The average molecular weight is 314 g/mol. The second-order valence-electron chi connectivity index (χ2n) is 5.99. The fraction of sp³-hybridized carbons (Fsp3) is 0.625. The van der Waals surface area contributed by atoms with E-state index in [9.17, 15) is 0 Å². The van der Waals surface area contributed by atoms with Crippen molar-refractivity contribution in [3.8, 4) is 5.75 Å². The first-order valence-corrected chi connectivity index (χ1v) is 8.32. The van der Waals surface area contributed by atoms with Gasteiger partial charge in [0.05, 0.1) is 11.6 Å². The molecule has 1 aromatic carbocycles. The molecule has 4 heteroatoms. The largest absolute Gasteiger partial charge is 0.491 e. The van der Waals surface area contributed by atoms with Gasteiger partial charge in [-0.2, -0.15) is 0 Å². The number of ether oxygens (including phenoxy) is 1. The van der Waals surface area contributed by atoms with Gasteiger partial charge in [0.15, 0.2) is 0 Å². The molecule has 2 saturated carbocycles. The molecule has 2 aliphatic rings. The molecule has 110 valence electrons. The summed E-state index contributed by atoms with van der Waals surface area (Å²) in [7, 11) is 0. The van der Waals surface area contributed by atoms with Gasteiger partial charge < -0.3 is 10.1 Å². The smallest absolute Gasteiger partial charge is 0.142 e. The number of rotatable bonds is 6. The molecular formula is C16H21Cl2NO. The lowest BCUT2D eigenvalue weighted by molar-refractivity contribution is 0.249. The van der Waals surface area contributed by atoms with Gasteiger partial charge in [-0.05, 0) is 43.7 Å². The van der Waals surface area contributed by atoms with Crippen LogP contribution >= 0.6 is 23.2 Å². The molecule has 0 amide bonds. The van der Waals surface area contributed by atoms with Crippen molar-refractivity contribution in [2.45, 2.75) is 51.1 Å². The van der Waals surface area contributed by atoms with Gasteiger partial charge in [-0.1, -0.05) is 36.0 Å². The summed E-state index contributed by atoms with van der Waals surface area (Å²) < 4.78 is 6.03. The molecular weight excluding hydrogens is 293 g/mol. The van der Waals surface area contributed by atoms with E-state index in [2.05, 4.69) is 5.32 Å². The lowest BCUT2D eigenvalue weighted by Gasteiger charge is -2.17. The summed E-state index contributed by atoms with van der Waals surface area (Å²) in [5.41, 5.74) is 1.08. The maximum absolute atomic E-state index is 6.31. The second-order valence-corrected chi connectivity index (χ2v) is 6.84. The molecule has 1 aromatic rings. The molecule has 2 aliphatic carbocycles. The molecule has 20 heavy (non-hydrogen) atoms. The molecule has 0 heterocycles. The minimum absolute atomic E-state index is 0.628. The van der Waals surface area contributed by atoms with Crippen LogP contribution in [0.3, 0.4) is 0 Å². The molecule has 0 aromatic heterocycles. The SMILES string of the molecule is Clc1cc(Cl)c(OCC2CCCC2)c(CNC2CC2)c1. The van der Waals surface area contributed by atoms with Crippen LogP contribution in [0.2, 0.25) is 10.0 Å². The van der Waals surface area contributed by atoms with Crippen LogP contribution in [0.1, 0.15) is 44.1 Å². The Hall–Kier alpha value is -0.440. The molecule has 0 saturated heterocycles. The van der Waals surface area contributed by atoms with E-state index in [-0.39, 0.29) is 0 Å². The Bertz CT molecular complexity index is 468. The number of hydrogen-bond donors (Lipinski definition) is 1. The third-order valence-electron chi connectivity index (χ3n) is 4.18. The van der Waals surface area contributed by atoms with Gasteiger partial charge in [0.25, 0.3) is 0 Å². The fourth-order valence-electron chi connectivity index (χ4n) is 2.83. The first-order valence-electron chi connectivity index (χ1n) is 7.56. The Morgan fingerprint density at radius 2 is 1.85 bits per heavy atom. The third-order valence-corrected chi connectivity index (χ3v) is 4.68. The zero-order valence-electron chi connectivity index (χ0n) is 11.6. The maximum atomic E-state index is 6.31. The van der Waals surface area contributed by atoms with Gasteiger partial charge in [-0.15, -0.1) is 0 Å². The van der Waals surface area contributed by atoms with Gasteiger partial charge in [0.1, 0.15) is 5.75 Å². The average Bonchev–Trinajstić information content (AvgIpc) is 3.10. The molecule has 0 aliphatic heterocycles. The van der Waals surface area contributed by atoms with Crippen LogP contribution in [-0.4, -0.2) is 12.6 Å². The summed E-state index contributed by atoms with van der Waals surface area (Å²) in [6.07, 6.45) is 7.76. The van der Waals surface area contributed by atoms with Crippen molar-refractivity contribution in [3.63, 3.8) is 0 Å². The van der Waals surface area contributed by atoms with Crippen molar-refractivity contribution < 1.29 is 4.74 Å². The molecule has 1 N–H and O–H groups in total. The summed E-state index contributed by atoms with van der Waals surface area (Å²) in [6.45, 7) is 1.56. The highest BCUT2D eigenvalue weighted by Gasteiger charge is 2.22. The van der Waals surface area contributed by atoms with E-state index in [0.29, 0.717) is 22.0 Å². The van der Waals surface area contributed by atoms with Gasteiger partial charge >= 0.3 is 0 Å². The fourth-order valence-corrected chi connectivity index (χ4v) is 3.42. The van der Waals surface area contributed by atoms with Crippen molar-refractivity contribution in [1.82, 2.24) is 5.32 Å². The Labute approximate surface area is 130 Å². The summed E-state index contributed by atoms with van der Waals surface area (Å²) in [5, 5.41) is 4.80. The van der Waals surface area contributed by atoms with Crippen LogP contribution in [0.15, 0.2) is 12.1 Å². The Balaban J connectivity index is 1.68. The number of benzene rings is 1.